The van der Waals surface area contributed by atoms with Crippen molar-refractivity contribution in [2.75, 3.05) is 31.6 Å². The summed E-state index contributed by atoms with van der Waals surface area (Å²) in [5.41, 5.74) is 2.50. The second-order valence-electron chi connectivity index (χ2n) is 6.44. The molecule has 0 saturated carbocycles. The number of nitrogens with zero attached hydrogens (tertiary/aromatic N) is 1. The van der Waals surface area contributed by atoms with Gasteiger partial charge in [0.25, 0.3) is 0 Å². The predicted octanol–water partition coefficient (Wildman–Crippen LogP) is 5.69. The molecule has 0 spiro atoms. The molecule has 1 nitrogen and oxygen atoms in total. The molecule has 0 aromatic carbocycles. The summed E-state index contributed by atoms with van der Waals surface area (Å²) in [7, 11) is 0.328. The van der Waals surface area contributed by atoms with Crippen molar-refractivity contribution in [1.82, 2.24) is 4.90 Å². The third-order valence-corrected chi connectivity index (χ3v) is 5.04. The second kappa shape index (κ2) is 13.6. The van der Waals surface area contributed by atoms with Crippen molar-refractivity contribution in [3.05, 3.63) is 48.6 Å². The van der Waals surface area contributed by atoms with E-state index < -0.39 is 0 Å². The van der Waals surface area contributed by atoms with E-state index in [-0.39, 0.29) is 0 Å². The van der Waals surface area contributed by atoms with Gasteiger partial charge in [-0.2, -0.15) is 10.5 Å². The molecule has 0 aliphatic carbocycles. The molecule has 2 atom stereocenters. The summed E-state index contributed by atoms with van der Waals surface area (Å²) in [6, 6.07) is 0. The lowest BCUT2D eigenvalue weighted by atomic mass is 10.00. The normalized spacial score (nSPS) is 15.5. The number of allylic oxidation sites excluding steroid dienone is 6. The summed E-state index contributed by atoms with van der Waals surface area (Å²) < 4.78 is 0. The van der Waals surface area contributed by atoms with Gasteiger partial charge in [-0.05, 0) is 62.8 Å². The van der Waals surface area contributed by atoms with Gasteiger partial charge in [0.1, 0.15) is 0 Å². The molecule has 0 aliphatic rings. The van der Waals surface area contributed by atoms with Gasteiger partial charge in [0.2, 0.25) is 0 Å². The van der Waals surface area contributed by atoms with Crippen LogP contribution in [0.1, 0.15) is 40.0 Å². The Morgan fingerprint density at radius 1 is 1.22 bits per heavy atom. The minimum atomic E-state index is 0.328. The average molecular weight is 336 g/mol. The summed E-state index contributed by atoms with van der Waals surface area (Å²) in [5, 5.41) is 0. The molecule has 0 heterocycles. The Kier molecular flexibility index (Phi) is 13.1. The molecular weight excluding hydrogens is 298 g/mol. The van der Waals surface area contributed by atoms with E-state index in [1.165, 1.54) is 42.8 Å². The lowest BCUT2D eigenvalue weighted by Crippen LogP contribution is -2.29. The predicted molar refractivity (Wildman–Crippen MR) is 113 cm³/mol. The van der Waals surface area contributed by atoms with Crippen LogP contribution < -0.4 is 0 Å². The number of hydrogen-bond acceptors (Lipinski definition) is 1. The van der Waals surface area contributed by atoms with Crippen LogP contribution in [-0.4, -0.2) is 42.4 Å². The molecule has 0 rings (SSSR count). The standard InChI is InChI=1S/C21H37NS/c1-8-19(4)12-14-21(9-2)15-13-20(5)18-22(10-3)16-11-17-23(6)7/h8-9,12,14,20H,1-2,6,10-11,13,15-18H2,3-5,7H3/b19-12-,21-14+. The van der Waals surface area contributed by atoms with Crippen LogP contribution in [0.3, 0.4) is 0 Å². The fourth-order valence-electron chi connectivity index (χ4n) is 2.42. The lowest BCUT2D eigenvalue weighted by Gasteiger charge is -2.24. The summed E-state index contributed by atoms with van der Waals surface area (Å²) in [5.74, 6) is 6.06. The molecule has 2 heteroatoms. The highest BCUT2D eigenvalue weighted by Crippen LogP contribution is 2.15. The lowest BCUT2D eigenvalue weighted by molar-refractivity contribution is 0.244. The van der Waals surface area contributed by atoms with Crippen molar-refractivity contribution < 1.29 is 0 Å². The fraction of sp³-hybridized carbons (Fsp3) is 0.571. The Morgan fingerprint density at radius 2 is 1.91 bits per heavy atom. The van der Waals surface area contributed by atoms with E-state index in [2.05, 4.69) is 63.1 Å². The zero-order chi connectivity index (χ0) is 17.7. The highest BCUT2D eigenvalue weighted by atomic mass is 32.2. The van der Waals surface area contributed by atoms with E-state index in [0.29, 0.717) is 16.4 Å². The van der Waals surface area contributed by atoms with Gasteiger partial charge in [0, 0.05) is 6.54 Å². The van der Waals surface area contributed by atoms with E-state index in [1.807, 2.05) is 12.2 Å². The number of rotatable bonds is 13. The van der Waals surface area contributed by atoms with Gasteiger partial charge in [0.05, 0.1) is 0 Å². The minimum Gasteiger partial charge on any atom is -0.303 e. The molecule has 0 N–H and O–H groups in total. The second-order valence-corrected chi connectivity index (χ2v) is 8.41. The third kappa shape index (κ3) is 12.3. The molecule has 0 saturated heterocycles. The average Bonchev–Trinajstić information content (AvgIpc) is 2.53. The van der Waals surface area contributed by atoms with Crippen molar-refractivity contribution in [3.8, 4) is 0 Å². The zero-order valence-electron chi connectivity index (χ0n) is 15.8. The van der Waals surface area contributed by atoms with E-state index in [0.717, 1.165) is 13.0 Å². The first-order valence-electron chi connectivity index (χ1n) is 8.69. The minimum absolute atomic E-state index is 0.328. The Bertz CT molecular complexity index is 431. The first kappa shape index (κ1) is 22.1. The van der Waals surface area contributed by atoms with Crippen molar-refractivity contribution >= 4 is 16.4 Å². The highest BCUT2D eigenvalue weighted by molar-refractivity contribution is 8.13. The van der Waals surface area contributed by atoms with Crippen LogP contribution in [0.4, 0.5) is 0 Å². The molecule has 0 bridgehead atoms. The quantitative estimate of drug-likeness (QED) is 0.309. The smallest absolute Gasteiger partial charge is 0.000702 e. The van der Waals surface area contributed by atoms with Crippen LogP contribution in [-0.2, 0) is 0 Å². The Hall–Kier alpha value is -0.860. The fourth-order valence-corrected chi connectivity index (χ4v) is 3.04. The Labute approximate surface area is 147 Å². The summed E-state index contributed by atoms with van der Waals surface area (Å²) in [6.07, 6.45) is 14.0. The molecule has 132 valence electrons. The number of hydrogen-bond donors (Lipinski definition) is 0. The molecule has 0 aliphatic heterocycles. The Morgan fingerprint density at radius 3 is 2.43 bits per heavy atom. The van der Waals surface area contributed by atoms with E-state index >= 15 is 0 Å². The van der Waals surface area contributed by atoms with Crippen LogP contribution in [0.2, 0.25) is 0 Å². The van der Waals surface area contributed by atoms with Gasteiger partial charge < -0.3 is 4.90 Å². The Balaban J connectivity index is 4.29. The topological polar surface area (TPSA) is 3.24 Å². The molecule has 23 heavy (non-hydrogen) atoms. The highest BCUT2D eigenvalue weighted by Gasteiger charge is 2.09. The molecule has 0 fully saturated rings. The summed E-state index contributed by atoms with van der Waals surface area (Å²) >= 11 is 0. The zero-order valence-corrected chi connectivity index (χ0v) is 16.6. The van der Waals surface area contributed by atoms with Crippen LogP contribution in [0.5, 0.6) is 0 Å². The molecule has 2 unspecified atom stereocenters. The van der Waals surface area contributed by atoms with Gasteiger partial charge in [-0.15, -0.1) is 0 Å². The first-order chi connectivity index (χ1) is 10.9. The van der Waals surface area contributed by atoms with Crippen LogP contribution in [0, 0.1) is 5.92 Å². The van der Waals surface area contributed by atoms with Gasteiger partial charge in [-0.25, -0.2) is 0 Å². The molecule has 0 radical (unpaired) electrons. The summed E-state index contributed by atoms with van der Waals surface area (Å²) in [6.45, 7) is 18.0. The van der Waals surface area contributed by atoms with Gasteiger partial charge in [-0.3, -0.25) is 0 Å². The van der Waals surface area contributed by atoms with E-state index in [4.69, 9.17) is 0 Å². The molecule has 0 aromatic rings. The maximum absolute atomic E-state index is 4.10. The van der Waals surface area contributed by atoms with Gasteiger partial charge in [0.15, 0.2) is 0 Å². The van der Waals surface area contributed by atoms with Crippen molar-refractivity contribution in [2.24, 2.45) is 5.92 Å². The first-order valence-corrected chi connectivity index (χ1v) is 10.7. The van der Waals surface area contributed by atoms with Gasteiger partial charge >= 0.3 is 0 Å². The van der Waals surface area contributed by atoms with Gasteiger partial charge in [-0.1, -0.05) is 62.8 Å². The van der Waals surface area contributed by atoms with Crippen LogP contribution >= 0.6 is 10.5 Å². The van der Waals surface area contributed by atoms with Crippen molar-refractivity contribution in [1.29, 1.82) is 0 Å². The van der Waals surface area contributed by atoms with Crippen LogP contribution in [0.25, 0.3) is 0 Å². The SMILES string of the molecule is C=C/C(C)=C\C=C(/C=C)CCC(C)CN(CC)CCCS(=C)C. The molecular formula is C21H37NS. The maximum Gasteiger partial charge on any atom is 0.000702 e. The summed E-state index contributed by atoms with van der Waals surface area (Å²) in [4.78, 5) is 2.58. The monoisotopic (exact) mass is 335 g/mol. The van der Waals surface area contributed by atoms with Crippen molar-refractivity contribution in [3.63, 3.8) is 0 Å². The molecule has 0 aromatic heterocycles. The van der Waals surface area contributed by atoms with E-state index in [1.54, 1.807) is 0 Å². The maximum atomic E-state index is 4.10. The molecule has 0 amide bonds. The third-order valence-electron chi connectivity index (χ3n) is 4.05. The largest absolute Gasteiger partial charge is 0.303 e. The van der Waals surface area contributed by atoms with Crippen LogP contribution in [0.15, 0.2) is 48.6 Å². The van der Waals surface area contributed by atoms with Crippen molar-refractivity contribution in [2.45, 2.75) is 40.0 Å². The van der Waals surface area contributed by atoms with E-state index in [9.17, 15) is 0 Å².